The van der Waals surface area contributed by atoms with E-state index >= 15 is 0 Å². The minimum atomic E-state index is -0.932. The van der Waals surface area contributed by atoms with Crippen molar-refractivity contribution in [2.45, 2.75) is 45.6 Å². The standard InChI is InChI=1S/C9H17NO3/c1-3-4-7(2)10-8(11)5-6-9(12)13/h7H,3-6H2,1-2H3,(H,10,11)(H,12,13). The van der Waals surface area contributed by atoms with E-state index in [-0.39, 0.29) is 24.8 Å². The molecule has 0 spiro atoms. The molecule has 76 valence electrons. The number of nitrogens with one attached hydrogen (secondary N) is 1. The Morgan fingerprint density at radius 2 is 2.00 bits per heavy atom. The largest absolute Gasteiger partial charge is 0.481 e. The lowest BCUT2D eigenvalue weighted by atomic mass is 10.2. The van der Waals surface area contributed by atoms with Crippen LogP contribution in [0.2, 0.25) is 0 Å². The molecule has 0 aliphatic rings. The molecule has 4 heteroatoms. The Morgan fingerprint density at radius 3 is 2.46 bits per heavy atom. The van der Waals surface area contributed by atoms with Crippen molar-refractivity contribution in [2.75, 3.05) is 0 Å². The van der Waals surface area contributed by atoms with Gasteiger partial charge in [-0.25, -0.2) is 0 Å². The molecule has 0 aromatic heterocycles. The zero-order valence-corrected chi connectivity index (χ0v) is 8.17. The smallest absolute Gasteiger partial charge is 0.303 e. The maximum Gasteiger partial charge on any atom is 0.303 e. The summed E-state index contributed by atoms with van der Waals surface area (Å²) in [4.78, 5) is 21.2. The van der Waals surface area contributed by atoms with Crippen LogP contribution in [0.3, 0.4) is 0 Å². The second-order valence-corrected chi connectivity index (χ2v) is 3.15. The maximum atomic E-state index is 11.1. The molecule has 0 aromatic carbocycles. The van der Waals surface area contributed by atoms with Crippen LogP contribution in [-0.4, -0.2) is 23.0 Å². The van der Waals surface area contributed by atoms with Crippen molar-refractivity contribution in [2.24, 2.45) is 0 Å². The Labute approximate surface area is 78.3 Å². The predicted molar refractivity (Wildman–Crippen MR) is 49.4 cm³/mol. The number of carbonyl (C=O) groups is 2. The third-order valence-corrected chi connectivity index (χ3v) is 1.70. The Balaban J connectivity index is 3.55. The third-order valence-electron chi connectivity index (χ3n) is 1.70. The van der Waals surface area contributed by atoms with E-state index in [4.69, 9.17) is 5.11 Å². The minimum Gasteiger partial charge on any atom is -0.481 e. The van der Waals surface area contributed by atoms with Crippen molar-refractivity contribution in [3.05, 3.63) is 0 Å². The number of carbonyl (C=O) groups excluding carboxylic acids is 1. The first-order chi connectivity index (χ1) is 6.06. The van der Waals surface area contributed by atoms with E-state index in [0.29, 0.717) is 0 Å². The van der Waals surface area contributed by atoms with Crippen LogP contribution in [0.4, 0.5) is 0 Å². The molecule has 13 heavy (non-hydrogen) atoms. The van der Waals surface area contributed by atoms with Crippen molar-refractivity contribution in [1.82, 2.24) is 5.32 Å². The summed E-state index contributed by atoms with van der Waals surface area (Å²) >= 11 is 0. The van der Waals surface area contributed by atoms with Crippen LogP contribution in [0.25, 0.3) is 0 Å². The summed E-state index contributed by atoms with van der Waals surface area (Å²) in [7, 11) is 0. The van der Waals surface area contributed by atoms with Gasteiger partial charge in [-0.15, -0.1) is 0 Å². The van der Waals surface area contributed by atoms with Crippen molar-refractivity contribution in [1.29, 1.82) is 0 Å². The van der Waals surface area contributed by atoms with Gasteiger partial charge in [0, 0.05) is 12.5 Å². The first-order valence-corrected chi connectivity index (χ1v) is 4.57. The van der Waals surface area contributed by atoms with Crippen LogP contribution in [0.5, 0.6) is 0 Å². The quantitative estimate of drug-likeness (QED) is 0.655. The number of hydrogen-bond acceptors (Lipinski definition) is 2. The Bertz CT molecular complexity index is 180. The summed E-state index contributed by atoms with van der Waals surface area (Å²) in [5, 5.41) is 11.1. The van der Waals surface area contributed by atoms with Crippen molar-refractivity contribution >= 4 is 11.9 Å². The van der Waals surface area contributed by atoms with Crippen LogP contribution in [0, 0.1) is 0 Å². The fraction of sp³-hybridized carbons (Fsp3) is 0.778. The normalized spacial score (nSPS) is 12.2. The third kappa shape index (κ3) is 7.31. The number of carboxylic acids is 1. The molecule has 0 aliphatic heterocycles. The summed E-state index contributed by atoms with van der Waals surface area (Å²) in [6.07, 6.45) is 1.92. The Hall–Kier alpha value is -1.06. The molecule has 1 atom stereocenters. The summed E-state index contributed by atoms with van der Waals surface area (Å²) in [6, 6.07) is 0.145. The Kier molecular flexibility index (Phi) is 5.93. The molecule has 0 radical (unpaired) electrons. The number of aliphatic carboxylic acids is 1. The minimum absolute atomic E-state index is 0.0728. The van der Waals surface area contributed by atoms with Gasteiger partial charge in [0.25, 0.3) is 0 Å². The van der Waals surface area contributed by atoms with Gasteiger partial charge < -0.3 is 10.4 Å². The topological polar surface area (TPSA) is 66.4 Å². The number of amides is 1. The molecule has 0 aliphatic carbocycles. The molecule has 0 rings (SSSR count). The second kappa shape index (κ2) is 6.46. The van der Waals surface area contributed by atoms with Crippen molar-refractivity contribution in [3.63, 3.8) is 0 Å². The molecule has 0 fully saturated rings. The van der Waals surface area contributed by atoms with Crippen LogP contribution < -0.4 is 5.32 Å². The molecule has 1 unspecified atom stereocenters. The first-order valence-electron chi connectivity index (χ1n) is 4.57. The van der Waals surface area contributed by atoms with Gasteiger partial charge in [0.15, 0.2) is 0 Å². The molecule has 1 amide bonds. The van der Waals surface area contributed by atoms with Crippen molar-refractivity contribution < 1.29 is 14.7 Å². The molecule has 0 saturated heterocycles. The van der Waals surface area contributed by atoms with E-state index in [0.717, 1.165) is 12.8 Å². The monoisotopic (exact) mass is 187 g/mol. The first kappa shape index (κ1) is 11.9. The van der Waals surface area contributed by atoms with Crippen LogP contribution in [0.1, 0.15) is 39.5 Å². The second-order valence-electron chi connectivity index (χ2n) is 3.15. The highest BCUT2D eigenvalue weighted by molar-refractivity contribution is 5.80. The van der Waals surface area contributed by atoms with E-state index in [1.165, 1.54) is 0 Å². The van der Waals surface area contributed by atoms with E-state index in [2.05, 4.69) is 5.32 Å². The summed E-state index contributed by atoms with van der Waals surface area (Å²) < 4.78 is 0. The van der Waals surface area contributed by atoms with Gasteiger partial charge in [0.2, 0.25) is 5.91 Å². The molecule has 2 N–H and O–H groups in total. The molecule has 0 aromatic rings. The van der Waals surface area contributed by atoms with Gasteiger partial charge in [-0.05, 0) is 13.3 Å². The van der Waals surface area contributed by atoms with Crippen LogP contribution in [-0.2, 0) is 9.59 Å². The summed E-state index contributed by atoms with van der Waals surface area (Å²) in [5.74, 6) is -1.11. The molecule has 0 saturated carbocycles. The van der Waals surface area contributed by atoms with Gasteiger partial charge in [0.05, 0.1) is 6.42 Å². The van der Waals surface area contributed by atoms with Gasteiger partial charge in [-0.3, -0.25) is 9.59 Å². The van der Waals surface area contributed by atoms with E-state index in [1.54, 1.807) is 0 Å². The summed E-state index contributed by atoms with van der Waals surface area (Å²) in [6.45, 7) is 3.96. The molecular weight excluding hydrogens is 170 g/mol. The zero-order valence-electron chi connectivity index (χ0n) is 8.17. The fourth-order valence-corrected chi connectivity index (χ4v) is 1.07. The number of hydrogen-bond donors (Lipinski definition) is 2. The van der Waals surface area contributed by atoms with Gasteiger partial charge in [-0.1, -0.05) is 13.3 Å². The average molecular weight is 187 g/mol. The highest BCUT2D eigenvalue weighted by Crippen LogP contribution is 1.96. The highest BCUT2D eigenvalue weighted by atomic mass is 16.4. The predicted octanol–water partition coefficient (Wildman–Crippen LogP) is 1.16. The lowest BCUT2D eigenvalue weighted by molar-refractivity contribution is -0.138. The van der Waals surface area contributed by atoms with Gasteiger partial charge >= 0.3 is 5.97 Å². The number of carboxylic acid groups (broad SMARTS) is 1. The van der Waals surface area contributed by atoms with E-state index in [1.807, 2.05) is 13.8 Å². The molecule has 0 bridgehead atoms. The maximum absolute atomic E-state index is 11.1. The fourth-order valence-electron chi connectivity index (χ4n) is 1.07. The lowest BCUT2D eigenvalue weighted by Crippen LogP contribution is -2.32. The van der Waals surface area contributed by atoms with Crippen molar-refractivity contribution in [3.8, 4) is 0 Å². The van der Waals surface area contributed by atoms with E-state index in [9.17, 15) is 9.59 Å². The molecular formula is C9H17NO3. The van der Waals surface area contributed by atoms with Gasteiger partial charge in [-0.2, -0.15) is 0 Å². The Morgan fingerprint density at radius 1 is 1.38 bits per heavy atom. The average Bonchev–Trinajstić information content (AvgIpc) is 2.01. The highest BCUT2D eigenvalue weighted by Gasteiger charge is 2.07. The van der Waals surface area contributed by atoms with Crippen LogP contribution >= 0.6 is 0 Å². The summed E-state index contributed by atoms with van der Waals surface area (Å²) in [5.41, 5.74) is 0. The molecule has 4 nitrogen and oxygen atoms in total. The van der Waals surface area contributed by atoms with E-state index < -0.39 is 5.97 Å². The lowest BCUT2D eigenvalue weighted by Gasteiger charge is -2.11. The van der Waals surface area contributed by atoms with Crippen LogP contribution in [0.15, 0.2) is 0 Å². The van der Waals surface area contributed by atoms with Gasteiger partial charge in [0.1, 0.15) is 0 Å². The zero-order chi connectivity index (χ0) is 10.3. The number of rotatable bonds is 6. The molecule has 0 heterocycles. The SMILES string of the molecule is CCCC(C)NC(=O)CCC(=O)O.